The van der Waals surface area contributed by atoms with E-state index < -0.39 is 0 Å². The SMILES string of the molecule is CCOc1ccccc1N1CCN(C(=O)NC(C)c2nnc3ccccn23)CC1. The number of piperazine rings is 1. The average Bonchev–Trinajstić information content (AvgIpc) is 3.19. The maximum atomic E-state index is 12.8. The smallest absolute Gasteiger partial charge is 0.318 e. The molecule has 0 radical (unpaired) electrons. The predicted molar refractivity (Wildman–Crippen MR) is 111 cm³/mol. The zero-order valence-corrected chi connectivity index (χ0v) is 16.8. The van der Waals surface area contributed by atoms with Gasteiger partial charge in [0.05, 0.1) is 18.3 Å². The summed E-state index contributed by atoms with van der Waals surface area (Å²) in [4.78, 5) is 16.9. The highest BCUT2D eigenvalue weighted by molar-refractivity contribution is 5.75. The first kappa shape index (κ1) is 19.0. The number of ether oxygens (including phenoxy) is 1. The first-order valence-corrected chi connectivity index (χ1v) is 9.99. The molecular formula is C21H26N6O2. The second-order valence-electron chi connectivity index (χ2n) is 7.03. The molecule has 1 aliphatic heterocycles. The van der Waals surface area contributed by atoms with Crippen molar-refractivity contribution >= 4 is 17.4 Å². The van der Waals surface area contributed by atoms with Gasteiger partial charge in [0.2, 0.25) is 0 Å². The molecule has 0 aliphatic carbocycles. The largest absolute Gasteiger partial charge is 0.492 e. The number of carbonyl (C=O) groups excluding carboxylic acids is 1. The van der Waals surface area contributed by atoms with E-state index in [-0.39, 0.29) is 12.1 Å². The number of aromatic nitrogens is 3. The minimum atomic E-state index is -0.239. The van der Waals surface area contributed by atoms with Crippen LogP contribution in [0.2, 0.25) is 0 Å². The molecule has 8 nitrogen and oxygen atoms in total. The number of hydrogen-bond donors (Lipinski definition) is 1. The van der Waals surface area contributed by atoms with Crippen LogP contribution in [0.5, 0.6) is 5.75 Å². The third-order valence-electron chi connectivity index (χ3n) is 5.14. The number of fused-ring (bicyclic) bond motifs is 1. The molecule has 1 N–H and O–H groups in total. The zero-order valence-electron chi connectivity index (χ0n) is 16.8. The Kier molecular flexibility index (Phi) is 5.50. The number of carbonyl (C=O) groups is 1. The van der Waals surface area contributed by atoms with Crippen molar-refractivity contribution in [3.63, 3.8) is 0 Å². The molecule has 3 heterocycles. The van der Waals surface area contributed by atoms with Crippen molar-refractivity contribution in [3.8, 4) is 5.75 Å². The summed E-state index contributed by atoms with van der Waals surface area (Å²) in [6.07, 6.45) is 1.90. The Morgan fingerprint density at radius 3 is 2.66 bits per heavy atom. The number of nitrogens with one attached hydrogen (secondary N) is 1. The second kappa shape index (κ2) is 8.38. The van der Waals surface area contributed by atoms with Gasteiger partial charge in [-0.15, -0.1) is 10.2 Å². The third kappa shape index (κ3) is 3.96. The van der Waals surface area contributed by atoms with Crippen LogP contribution in [0.3, 0.4) is 0 Å². The molecule has 1 aliphatic rings. The van der Waals surface area contributed by atoms with Crippen LogP contribution in [0, 0.1) is 0 Å². The minimum Gasteiger partial charge on any atom is -0.492 e. The lowest BCUT2D eigenvalue weighted by atomic mass is 10.2. The van der Waals surface area contributed by atoms with E-state index in [1.807, 2.05) is 65.7 Å². The summed E-state index contributed by atoms with van der Waals surface area (Å²) in [5.41, 5.74) is 1.85. The number of amides is 2. The average molecular weight is 394 g/mol. The van der Waals surface area contributed by atoms with Crippen LogP contribution in [0.1, 0.15) is 25.7 Å². The highest BCUT2D eigenvalue weighted by Crippen LogP contribution is 2.28. The van der Waals surface area contributed by atoms with E-state index in [0.29, 0.717) is 19.7 Å². The van der Waals surface area contributed by atoms with Crippen molar-refractivity contribution < 1.29 is 9.53 Å². The fourth-order valence-electron chi connectivity index (χ4n) is 3.64. The zero-order chi connectivity index (χ0) is 20.2. The molecule has 1 fully saturated rings. The lowest BCUT2D eigenvalue weighted by molar-refractivity contribution is 0.190. The van der Waals surface area contributed by atoms with Crippen molar-refractivity contribution in [3.05, 3.63) is 54.5 Å². The summed E-state index contributed by atoms with van der Waals surface area (Å²) < 4.78 is 7.64. The lowest BCUT2D eigenvalue weighted by Crippen LogP contribution is -2.52. The lowest BCUT2D eigenvalue weighted by Gasteiger charge is -2.37. The van der Waals surface area contributed by atoms with Gasteiger partial charge in [0.25, 0.3) is 0 Å². The first-order chi connectivity index (χ1) is 14.2. The van der Waals surface area contributed by atoms with Gasteiger partial charge in [-0.25, -0.2) is 4.79 Å². The third-order valence-corrected chi connectivity index (χ3v) is 5.14. The van der Waals surface area contributed by atoms with Gasteiger partial charge in [-0.3, -0.25) is 4.40 Å². The molecule has 0 bridgehead atoms. The summed E-state index contributed by atoms with van der Waals surface area (Å²) in [7, 11) is 0. The molecule has 29 heavy (non-hydrogen) atoms. The number of anilines is 1. The van der Waals surface area contributed by atoms with Crippen LogP contribution in [0.25, 0.3) is 5.65 Å². The molecule has 4 rings (SSSR count). The maximum absolute atomic E-state index is 12.8. The summed E-state index contributed by atoms with van der Waals surface area (Å²) in [6, 6.07) is 13.5. The predicted octanol–water partition coefficient (Wildman–Crippen LogP) is 2.72. The topological polar surface area (TPSA) is 75.0 Å². The van der Waals surface area contributed by atoms with Crippen molar-refractivity contribution in [2.24, 2.45) is 0 Å². The molecule has 1 atom stereocenters. The molecular weight excluding hydrogens is 368 g/mol. The molecule has 1 saturated heterocycles. The molecule has 1 unspecified atom stereocenters. The van der Waals surface area contributed by atoms with Crippen LogP contribution in [-0.4, -0.2) is 58.3 Å². The number of benzene rings is 1. The summed E-state index contributed by atoms with van der Waals surface area (Å²) in [5, 5.41) is 11.4. The second-order valence-corrected chi connectivity index (χ2v) is 7.03. The van der Waals surface area contributed by atoms with Crippen molar-refractivity contribution in [2.75, 3.05) is 37.7 Å². The Bertz CT molecular complexity index is 980. The van der Waals surface area contributed by atoms with E-state index in [1.54, 1.807) is 0 Å². The maximum Gasteiger partial charge on any atom is 0.318 e. The minimum absolute atomic E-state index is 0.0806. The van der Waals surface area contributed by atoms with Gasteiger partial charge in [0, 0.05) is 32.4 Å². The fourth-order valence-corrected chi connectivity index (χ4v) is 3.64. The number of urea groups is 1. The van der Waals surface area contributed by atoms with Gasteiger partial charge < -0.3 is 19.9 Å². The van der Waals surface area contributed by atoms with Crippen LogP contribution in [0.15, 0.2) is 48.7 Å². The van der Waals surface area contributed by atoms with Crippen molar-refractivity contribution in [2.45, 2.75) is 19.9 Å². The van der Waals surface area contributed by atoms with E-state index in [4.69, 9.17) is 4.74 Å². The summed E-state index contributed by atoms with van der Waals surface area (Å²) in [6.45, 7) is 7.38. The van der Waals surface area contributed by atoms with E-state index in [1.165, 1.54) is 0 Å². The van der Waals surface area contributed by atoms with E-state index in [2.05, 4.69) is 26.5 Å². The highest BCUT2D eigenvalue weighted by atomic mass is 16.5. The van der Waals surface area contributed by atoms with Gasteiger partial charge >= 0.3 is 6.03 Å². The van der Waals surface area contributed by atoms with Gasteiger partial charge in [-0.1, -0.05) is 18.2 Å². The number of nitrogens with zero attached hydrogens (tertiary/aromatic N) is 5. The van der Waals surface area contributed by atoms with Crippen LogP contribution in [-0.2, 0) is 0 Å². The Morgan fingerprint density at radius 1 is 1.10 bits per heavy atom. The van der Waals surface area contributed by atoms with E-state index >= 15 is 0 Å². The van der Waals surface area contributed by atoms with Gasteiger partial charge in [-0.05, 0) is 38.1 Å². The Morgan fingerprint density at radius 2 is 1.86 bits per heavy atom. The van der Waals surface area contributed by atoms with Crippen LogP contribution < -0.4 is 15.0 Å². The summed E-state index contributed by atoms with van der Waals surface area (Å²) in [5.74, 6) is 1.61. The Balaban J connectivity index is 1.37. The number of hydrogen-bond acceptors (Lipinski definition) is 5. The van der Waals surface area contributed by atoms with Gasteiger partial charge in [0.15, 0.2) is 11.5 Å². The molecule has 1 aromatic carbocycles. The van der Waals surface area contributed by atoms with E-state index in [9.17, 15) is 4.79 Å². The normalized spacial score (nSPS) is 15.4. The molecule has 2 amide bonds. The fraction of sp³-hybridized carbons (Fsp3) is 0.381. The quantitative estimate of drug-likeness (QED) is 0.720. The Hall–Kier alpha value is -3.29. The molecule has 152 valence electrons. The monoisotopic (exact) mass is 394 g/mol. The van der Waals surface area contributed by atoms with Crippen LogP contribution in [0.4, 0.5) is 10.5 Å². The van der Waals surface area contributed by atoms with Crippen LogP contribution >= 0.6 is 0 Å². The highest BCUT2D eigenvalue weighted by Gasteiger charge is 2.25. The van der Waals surface area contributed by atoms with E-state index in [0.717, 1.165) is 36.0 Å². The Labute approximate surface area is 170 Å². The molecule has 0 saturated carbocycles. The molecule has 2 aromatic heterocycles. The van der Waals surface area contributed by atoms with Gasteiger partial charge in [-0.2, -0.15) is 0 Å². The standard InChI is InChI=1S/C21H26N6O2/c1-3-29-18-9-5-4-8-17(18)25-12-14-26(15-13-25)21(28)22-16(2)20-24-23-19-10-6-7-11-27(19)20/h4-11,16H,3,12-15H2,1-2H3,(H,22,28). The molecule has 0 spiro atoms. The summed E-state index contributed by atoms with van der Waals surface area (Å²) >= 11 is 0. The number of pyridine rings is 1. The molecule has 3 aromatic rings. The first-order valence-electron chi connectivity index (χ1n) is 9.99. The van der Waals surface area contributed by atoms with Crippen molar-refractivity contribution in [1.29, 1.82) is 0 Å². The van der Waals surface area contributed by atoms with Gasteiger partial charge in [0.1, 0.15) is 5.75 Å². The molecule has 8 heteroatoms. The van der Waals surface area contributed by atoms with Crippen molar-refractivity contribution in [1.82, 2.24) is 24.8 Å². The number of rotatable bonds is 5. The number of para-hydroxylation sites is 2.